The SMILES string of the molecule is C.C.C.C.C.C.C.C.COC(=O)C(C)(CCC1(C)CCC(=O)O1)C1C(=O)OC(=O)C1C1C(C)C2CC1C(C)C2C. The van der Waals surface area contributed by atoms with Crippen molar-refractivity contribution in [2.45, 2.75) is 132 Å². The first-order valence-electron chi connectivity index (χ1n) is 12.0. The van der Waals surface area contributed by atoms with Gasteiger partial charge in [-0.25, -0.2) is 0 Å². The van der Waals surface area contributed by atoms with Crippen molar-refractivity contribution < 1.29 is 33.4 Å². The number of hydrogen-bond donors (Lipinski definition) is 0. The number of cyclic esters (lactones) is 3. The van der Waals surface area contributed by atoms with Crippen molar-refractivity contribution in [2.75, 3.05) is 7.11 Å². The number of fused-ring (bicyclic) bond motifs is 2. The van der Waals surface area contributed by atoms with Crippen LogP contribution >= 0.6 is 0 Å². The fourth-order valence-corrected chi connectivity index (χ4v) is 7.60. The predicted molar refractivity (Wildman–Crippen MR) is 168 cm³/mol. The summed E-state index contributed by atoms with van der Waals surface area (Å²) in [7, 11) is 1.30. The van der Waals surface area contributed by atoms with Gasteiger partial charge in [0.2, 0.25) is 0 Å². The highest BCUT2D eigenvalue weighted by Crippen LogP contribution is 2.63. The summed E-state index contributed by atoms with van der Waals surface area (Å²) in [6.45, 7) is 10.3. The highest BCUT2D eigenvalue weighted by Gasteiger charge is 2.65. The van der Waals surface area contributed by atoms with Gasteiger partial charge in [-0.05, 0) is 75.0 Å². The van der Waals surface area contributed by atoms with Crippen LogP contribution in [0.15, 0.2) is 0 Å². The Hall–Kier alpha value is -1.92. The van der Waals surface area contributed by atoms with Crippen LogP contribution < -0.4 is 0 Å². The van der Waals surface area contributed by atoms with Gasteiger partial charge < -0.3 is 14.2 Å². The van der Waals surface area contributed by atoms with Crippen LogP contribution in [0.1, 0.15) is 126 Å². The molecule has 2 aliphatic heterocycles. The van der Waals surface area contributed by atoms with E-state index < -0.39 is 40.8 Å². The number of carbonyl (C=O) groups excluding carboxylic acids is 4. The molecule has 10 unspecified atom stereocenters. The highest BCUT2D eigenvalue weighted by molar-refractivity contribution is 6.00. The normalized spacial score (nSPS) is 36.0. The molecule has 7 nitrogen and oxygen atoms in total. The molecule has 242 valence electrons. The van der Waals surface area contributed by atoms with Crippen molar-refractivity contribution in [3.63, 3.8) is 0 Å². The Morgan fingerprint density at radius 2 is 1.43 bits per heavy atom. The third kappa shape index (κ3) is 7.28. The van der Waals surface area contributed by atoms with Crippen LogP contribution in [0.2, 0.25) is 0 Å². The molecule has 10 atom stereocenters. The fraction of sp³-hybridized carbons (Fsp3) is 0.879. The zero-order chi connectivity index (χ0) is 23.6. The van der Waals surface area contributed by atoms with E-state index in [1.807, 2.05) is 6.92 Å². The Bertz CT molecular complexity index is 839. The van der Waals surface area contributed by atoms with Crippen molar-refractivity contribution in [3.05, 3.63) is 0 Å². The van der Waals surface area contributed by atoms with E-state index in [1.165, 1.54) is 7.11 Å². The number of rotatable bonds is 6. The summed E-state index contributed by atoms with van der Waals surface area (Å²) in [4.78, 5) is 50.9. The summed E-state index contributed by atoms with van der Waals surface area (Å²) in [5.74, 6) is -1.24. The molecule has 4 aliphatic rings. The van der Waals surface area contributed by atoms with Crippen LogP contribution in [0.25, 0.3) is 0 Å². The lowest BCUT2D eigenvalue weighted by molar-refractivity contribution is -0.165. The zero-order valence-corrected chi connectivity index (χ0v) is 20.0. The Kier molecular flexibility index (Phi) is 19.7. The zero-order valence-electron chi connectivity index (χ0n) is 20.0. The van der Waals surface area contributed by atoms with E-state index in [0.717, 1.165) is 6.42 Å². The van der Waals surface area contributed by atoms with Gasteiger partial charge in [0, 0.05) is 6.42 Å². The molecule has 0 N–H and O–H groups in total. The van der Waals surface area contributed by atoms with Gasteiger partial charge in [0.05, 0.1) is 24.4 Å². The van der Waals surface area contributed by atoms with Gasteiger partial charge in [0.1, 0.15) is 5.60 Å². The standard InChI is InChI=1S/C25H36O7.8CH4/c1-12-13(2)16-11-15(12)14(3)18(16)19-20(22(28)31-21(19)27)25(5,23(29)30-6)10-9-24(4)8-7-17(26)32-24;;;;;;;;/h12-16,18-20H,7-11H2,1-6H3;8*1H4. The molecule has 4 rings (SSSR count). The van der Waals surface area contributed by atoms with Crippen LogP contribution in [0.3, 0.4) is 0 Å². The molecule has 0 amide bonds. The van der Waals surface area contributed by atoms with E-state index in [0.29, 0.717) is 42.9 Å². The lowest BCUT2D eigenvalue weighted by atomic mass is 9.58. The average Bonchev–Trinajstić information content (AvgIpc) is 3.43. The molecule has 4 fully saturated rings. The van der Waals surface area contributed by atoms with Crippen molar-refractivity contribution in [1.82, 2.24) is 0 Å². The Labute approximate surface area is 248 Å². The molecule has 0 aromatic rings. The highest BCUT2D eigenvalue weighted by atomic mass is 16.6. The summed E-state index contributed by atoms with van der Waals surface area (Å²) < 4.78 is 15.9. The van der Waals surface area contributed by atoms with Crippen LogP contribution in [-0.4, -0.2) is 36.6 Å². The number of esters is 4. The monoisotopic (exact) mass is 576 g/mol. The minimum atomic E-state index is -1.24. The van der Waals surface area contributed by atoms with Gasteiger partial charge in [0.15, 0.2) is 0 Å². The maximum atomic E-state index is 13.1. The van der Waals surface area contributed by atoms with Gasteiger partial charge in [-0.15, -0.1) is 0 Å². The minimum Gasteiger partial charge on any atom is -0.469 e. The predicted octanol–water partition coefficient (Wildman–Crippen LogP) is 8.62. The largest absolute Gasteiger partial charge is 0.469 e. The summed E-state index contributed by atoms with van der Waals surface area (Å²) >= 11 is 0. The Morgan fingerprint density at radius 3 is 1.88 bits per heavy atom. The third-order valence-electron chi connectivity index (χ3n) is 9.73. The van der Waals surface area contributed by atoms with Crippen molar-refractivity contribution in [1.29, 1.82) is 0 Å². The second-order valence-electron chi connectivity index (χ2n) is 11.3. The topological polar surface area (TPSA) is 96.0 Å². The molecular weight excluding hydrogens is 508 g/mol. The van der Waals surface area contributed by atoms with Gasteiger partial charge in [-0.3, -0.25) is 19.2 Å². The van der Waals surface area contributed by atoms with E-state index in [-0.39, 0.29) is 83.6 Å². The third-order valence-corrected chi connectivity index (χ3v) is 9.73. The number of methoxy groups -OCH3 is 1. The Balaban J connectivity index is -0.000000510. The van der Waals surface area contributed by atoms with E-state index in [2.05, 4.69) is 20.8 Å². The van der Waals surface area contributed by atoms with Crippen LogP contribution in [-0.2, 0) is 33.4 Å². The van der Waals surface area contributed by atoms with E-state index in [4.69, 9.17) is 14.2 Å². The first-order chi connectivity index (χ1) is 14.9. The van der Waals surface area contributed by atoms with Crippen LogP contribution in [0, 0.1) is 52.8 Å². The fourth-order valence-electron chi connectivity index (χ4n) is 7.60. The summed E-state index contributed by atoms with van der Waals surface area (Å²) in [6, 6.07) is 0. The molecule has 0 radical (unpaired) electrons. The van der Waals surface area contributed by atoms with E-state index >= 15 is 0 Å². The minimum absolute atomic E-state index is 0. The van der Waals surface area contributed by atoms with Crippen molar-refractivity contribution in [2.24, 2.45) is 52.8 Å². The van der Waals surface area contributed by atoms with Crippen LogP contribution in [0.5, 0.6) is 0 Å². The number of carbonyl (C=O) groups is 4. The molecule has 2 saturated heterocycles. The quantitative estimate of drug-likeness (QED) is 0.177. The lowest BCUT2D eigenvalue weighted by Crippen LogP contribution is -2.48. The van der Waals surface area contributed by atoms with Gasteiger partial charge in [0.25, 0.3) is 0 Å². The molecule has 2 bridgehead atoms. The molecule has 7 heteroatoms. The molecule has 2 saturated carbocycles. The summed E-state index contributed by atoms with van der Waals surface area (Å²) in [5, 5.41) is 0. The van der Waals surface area contributed by atoms with Crippen molar-refractivity contribution >= 4 is 23.9 Å². The second kappa shape index (κ2) is 16.5. The molecule has 0 spiro atoms. The molecule has 0 aromatic carbocycles. The lowest BCUT2D eigenvalue weighted by Gasteiger charge is -2.42. The first kappa shape index (κ1) is 47.8. The number of hydrogen-bond acceptors (Lipinski definition) is 7. The maximum absolute atomic E-state index is 13.1. The summed E-state index contributed by atoms with van der Waals surface area (Å²) in [6.07, 6.45) is 2.65. The van der Waals surface area contributed by atoms with Gasteiger partial charge in [-0.2, -0.15) is 0 Å². The molecule has 40 heavy (non-hydrogen) atoms. The average molecular weight is 577 g/mol. The second-order valence-corrected chi connectivity index (χ2v) is 11.3. The van der Waals surface area contributed by atoms with E-state index in [1.54, 1.807) is 6.92 Å². The van der Waals surface area contributed by atoms with Gasteiger partial charge >= 0.3 is 23.9 Å². The van der Waals surface area contributed by atoms with E-state index in [9.17, 15) is 19.2 Å². The smallest absolute Gasteiger partial charge is 0.318 e. The molecule has 2 heterocycles. The number of ether oxygens (including phenoxy) is 3. The molecule has 0 aromatic heterocycles. The molecular formula is C33H68O7. The molecule has 2 aliphatic carbocycles. The van der Waals surface area contributed by atoms with Crippen LogP contribution in [0.4, 0.5) is 0 Å². The maximum Gasteiger partial charge on any atom is 0.318 e. The van der Waals surface area contributed by atoms with Gasteiger partial charge in [-0.1, -0.05) is 80.2 Å². The first-order valence-corrected chi connectivity index (χ1v) is 12.0. The Morgan fingerprint density at radius 1 is 0.900 bits per heavy atom. The van der Waals surface area contributed by atoms with Crippen molar-refractivity contribution in [3.8, 4) is 0 Å². The summed E-state index contributed by atoms with van der Waals surface area (Å²) in [5.41, 5.74) is -1.92.